The van der Waals surface area contributed by atoms with Gasteiger partial charge >= 0.3 is 12.1 Å². The number of aliphatic hydroxyl groups is 1. The van der Waals surface area contributed by atoms with Crippen LogP contribution in [-0.2, 0) is 37.0 Å². The molecule has 0 fully saturated rings. The first-order chi connectivity index (χ1) is 21.4. The number of carbonyl (C=O) groups is 4. The minimum absolute atomic E-state index is 0.00940. The van der Waals surface area contributed by atoms with Gasteiger partial charge in [-0.25, -0.2) is 4.79 Å². The van der Waals surface area contributed by atoms with Crippen LogP contribution in [0.25, 0.3) is 0 Å². The van der Waals surface area contributed by atoms with Gasteiger partial charge in [0.2, 0.25) is 11.8 Å². The van der Waals surface area contributed by atoms with E-state index in [2.05, 4.69) is 10.6 Å². The highest BCUT2D eigenvalue weighted by Gasteiger charge is 2.26. The predicted octanol–water partition coefficient (Wildman–Crippen LogP) is 4.27. The second-order valence-electron chi connectivity index (χ2n) is 10.9. The normalized spacial score (nSPS) is 17.7. The van der Waals surface area contributed by atoms with Crippen LogP contribution < -0.4 is 10.6 Å². The van der Waals surface area contributed by atoms with Gasteiger partial charge in [0.05, 0.1) is 18.6 Å². The number of alkyl carbamates (subject to hydrolysis) is 1. The number of nitrogens with one attached hydrogen (secondary N) is 2. The van der Waals surface area contributed by atoms with Gasteiger partial charge in [-0.05, 0) is 49.7 Å². The summed E-state index contributed by atoms with van der Waals surface area (Å²) in [6, 6.07) is 18.5. The highest BCUT2D eigenvalue weighted by molar-refractivity contribution is 5.86. The zero-order valence-electron chi connectivity index (χ0n) is 25.3. The Morgan fingerprint density at radius 1 is 1.00 bits per heavy atom. The summed E-state index contributed by atoms with van der Waals surface area (Å²) in [5.74, 6) is -1.42. The Hall–Kier alpha value is -4.18. The number of nitrogens with zero attached hydrogens (tertiary/aromatic N) is 1. The van der Waals surface area contributed by atoms with Crippen molar-refractivity contribution in [1.82, 2.24) is 15.5 Å². The summed E-state index contributed by atoms with van der Waals surface area (Å²) >= 11 is 0. The predicted molar refractivity (Wildman–Crippen MR) is 166 cm³/mol. The zero-order chi connectivity index (χ0) is 31.4. The molecule has 3 N–H and O–H groups in total. The molecule has 0 saturated heterocycles. The van der Waals surface area contributed by atoms with E-state index in [-0.39, 0.29) is 57.0 Å². The fourth-order valence-corrected chi connectivity index (χ4v) is 4.84. The van der Waals surface area contributed by atoms with E-state index in [4.69, 9.17) is 9.47 Å². The maximum atomic E-state index is 13.5. The Bertz CT molecular complexity index is 1190. The molecule has 0 radical (unpaired) electrons. The fourth-order valence-electron chi connectivity index (χ4n) is 4.84. The largest absolute Gasteiger partial charge is 0.463 e. The molecular weight excluding hydrogens is 562 g/mol. The van der Waals surface area contributed by atoms with Crippen LogP contribution in [-0.4, -0.2) is 66.2 Å². The molecule has 10 heteroatoms. The van der Waals surface area contributed by atoms with Crippen LogP contribution in [0.3, 0.4) is 0 Å². The van der Waals surface area contributed by atoms with Gasteiger partial charge in [0.15, 0.2) is 0 Å². The van der Waals surface area contributed by atoms with Crippen molar-refractivity contribution in [2.75, 3.05) is 26.3 Å². The van der Waals surface area contributed by atoms with Crippen molar-refractivity contribution in [3.8, 4) is 0 Å². The summed E-state index contributed by atoms with van der Waals surface area (Å²) in [5.41, 5.74) is 1.84. The molecule has 3 rings (SSSR count). The van der Waals surface area contributed by atoms with Crippen molar-refractivity contribution in [1.29, 1.82) is 0 Å². The second kappa shape index (κ2) is 19.9. The monoisotopic (exact) mass is 607 g/mol. The summed E-state index contributed by atoms with van der Waals surface area (Å²) < 4.78 is 10.7. The molecular formula is C34H45N3O7. The first kappa shape index (κ1) is 34.3. The number of hydrogen-bond donors (Lipinski definition) is 3. The molecule has 10 nitrogen and oxygen atoms in total. The number of rotatable bonds is 13. The van der Waals surface area contributed by atoms with Crippen LogP contribution in [0.15, 0.2) is 72.8 Å². The minimum Gasteiger partial charge on any atom is -0.463 e. The second-order valence-corrected chi connectivity index (χ2v) is 10.9. The van der Waals surface area contributed by atoms with Crippen LogP contribution in [0.4, 0.5) is 4.79 Å². The van der Waals surface area contributed by atoms with Crippen molar-refractivity contribution in [3.05, 3.63) is 83.9 Å². The average molecular weight is 608 g/mol. The Kier molecular flexibility index (Phi) is 15.5. The smallest absolute Gasteiger partial charge is 0.407 e. The van der Waals surface area contributed by atoms with Gasteiger partial charge in [0.1, 0.15) is 13.2 Å². The molecule has 3 amide bonds. The fraction of sp³-hybridized carbons (Fsp3) is 0.471. The molecule has 0 spiro atoms. The van der Waals surface area contributed by atoms with Crippen molar-refractivity contribution in [2.45, 2.75) is 70.6 Å². The number of benzene rings is 2. The van der Waals surface area contributed by atoms with E-state index in [1.807, 2.05) is 72.8 Å². The standard InChI is InChI=1S/C34H45N3O7/c38-22-21-37(24-27-13-5-3-6-14-27)31(39)23-29-17-9-1-2-10-19-32(40)43-26-30(36-33(29)41)18-11-12-20-35-34(42)44-25-28-15-7-4-8-16-28/h1,3-9,13-16,29-30,38H,2,10-12,17-26H2,(H,35,42)(H,36,41)/t29-,30+/m1/s1. The van der Waals surface area contributed by atoms with Crippen molar-refractivity contribution < 1.29 is 33.8 Å². The number of allylic oxidation sites excluding steroid dienone is 2. The Balaban J connectivity index is 1.54. The number of ether oxygens (including phenoxy) is 2. The van der Waals surface area contributed by atoms with Crippen LogP contribution in [0.2, 0.25) is 0 Å². The van der Waals surface area contributed by atoms with E-state index in [1.165, 1.54) is 0 Å². The molecule has 2 atom stereocenters. The molecule has 0 aromatic heterocycles. The van der Waals surface area contributed by atoms with Crippen LogP contribution >= 0.6 is 0 Å². The molecule has 1 aliphatic heterocycles. The summed E-state index contributed by atoms with van der Waals surface area (Å²) in [4.78, 5) is 52.6. The number of esters is 1. The lowest BCUT2D eigenvalue weighted by Crippen LogP contribution is -2.44. The van der Waals surface area contributed by atoms with Gasteiger partial charge in [0.25, 0.3) is 0 Å². The van der Waals surface area contributed by atoms with E-state index in [1.54, 1.807) is 4.90 Å². The van der Waals surface area contributed by atoms with E-state index in [0.717, 1.165) is 11.1 Å². The van der Waals surface area contributed by atoms with Crippen molar-refractivity contribution >= 4 is 23.9 Å². The van der Waals surface area contributed by atoms with Gasteiger partial charge in [-0.2, -0.15) is 0 Å². The molecule has 1 heterocycles. The molecule has 2 aromatic carbocycles. The third kappa shape index (κ3) is 13.4. The number of cyclic esters (lactones) is 1. The number of unbranched alkanes of at least 4 members (excludes halogenated alkanes) is 1. The summed E-state index contributed by atoms with van der Waals surface area (Å²) in [7, 11) is 0. The Morgan fingerprint density at radius 3 is 2.45 bits per heavy atom. The summed E-state index contributed by atoms with van der Waals surface area (Å²) in [6.07, 6.45) is 7.13. The maximum absolute atomic E-state index is 13.5. The Labute approximate surface area is 259 Å². The summed E-state index contributed by atoms with van der Waals surface area (Å²) in [5, 5.41) is 15.3. The first-order valence-corrected chi connectivity index (χ1v) is 15.4. The number of hydrogen-bond acceptors (Lipinski definition) is 7. The number of aliphatic hydroxyl groups excluding tert-OH is 1. The molecule has 44 heavy (non-hydrogen) atoms. The third-order valence-corrected chi connectivity index (χ3v) is 7.32. The van der Waals surface area contributed by atoms with Crippen molar-refractivity contribution in [3.63, 3.8) is 0 Å². The van der Waals surface area contributed by atoms with Gasteiger partial charge in [-0.3, -0.25) is 14.4 Å². The number of amides is 3. The third-order valence-electron chi connectivity index (χ3n) is 7.32. The van der Waals surface area contributed by atoms with Gasteiger partial charge in [-0.1, -0.05) is 72.8 Å². The molecule has 0 unspecified atom stereocenters. The minimum atomic E-state index is -0.615. The van der Waals surface area contributed by atoms with Crippen molar-refractivity contribution in [2.24, 2.45) is 5.92 Å². The average Bonchev–Trinajstić information content (AvgIpc) is 3.04. The van der Waals surface area contributed by atoms with Crippen LogP contribution in [0.1, 0.15) is 62.5 Å². The van der Waals surface area contributed by atoms with Crippen LogP contribution in [0.5, 0.6) is 0 Å². The van der Waals surface area contributed by atoms with E-state index in [9.17, 15) is 24.3 Å². The molecule has 0 aliphatic carbocycles. The Morgan fingerprint density at radius 2 is 1.73 bits per heavy atom. The topological polar surface area (TPSA) is 134 Å². The highest BCUT2D eigenvalue weighted by Crippen LogP contribution is 2.17. The highest BCUT2D eigenvalue weighted by atomic mass is 16.5. The zero-order valence-corrected chi connectivity index (χ0v) is 25.3. The lowest BCUT2D eigenvalue weighted by molar-refractivity contribution is -0.145. The SMILES string of the molecule is O=C1CCCC=CC[C@H](CC(=O)N(CCO)Cc2ccccc2)C(=O)N[C@@H](CCCCNC(=O)OCc2ccccc2)CO1. The molecule has 238 valence electrons. The lowest BCUT2D eigenvalue weighted by Gasteiger charge is -2.26. The lowest BCUT2D eigenvalue weighted by atomic mass is 9.97. The van der Waals surface area contributed by atoms with Gasteiger partial charge in [-0.15, -0.1) is 0 Å². The van der Waals surface area contributed by atoms with Crippen LogP contribution in [0, 0.1) is 5.92 Å². The van der Waals surface area contributed by atoms with Gasteiger partial charge < -0.3 is 30.1 Å². The molecule has 0 bridgehead atoms. The molecule has 1 aliphatic rings. The quantitative estimate of drug-likeness (QED) is 0.176. The van der Waals surface area contributed by atoms with E-state index in [0.29, 0.717) is 51.6 Å². The van der Waals surface area contributed by atoms with E-state index < -0.39 is 18.1 Å². The number of carbonyl (C=O) groups excluding carboxylic acids is 4. The summed E-state index contributed by atoms with van der Waals surface area (Å²) in [6.45, 7) is 0.965. The first-order valence-electron chi connectivity index (χ1n) is 15.4. The molecule has 0 saturated carbocycles. The van der Waals surface area contributed by atoms with Gasteiger partial charge in [0, 0.05) is 32.5 Å². The maximum Gasteiger partial charge on any atom is 0.407 e. The molecule has 2 aromatic rings. The van der Waals surface area contributed by atoms with E-state index >= 15 is 0 Å².